The molecule has 0 aliphatic heterocycles. The second-order valence-electron chi connectivity index (χ2n) is 7.68. The van der Waals surface area contributed by atoms with Gasteiger partial charge in [0.25, 0.3) is 0 Å². The largest absolute Gasteiger partial charge is 0.301 e. The molecule has 0 bridgehead atoms. The van der Waals surface area contributed by atoms with Gasteiger partial charge < -0.3 is 5.32 Å². The summed E-state index contributed by atoms with van der Waals surface area (Å²) in [5.41, 5.74) is 1.87. The Morgan fingerprint density at radius 3 is 2.59 bits per heavy atom. The molecule has 7 heteroatoms. The van der Waals surface area contributed by atoms with Gasteiger partial charge in [-0.3, -0.25) is 4.79 Å². The topological polar surface area (TPSA) is 67.8 Å². The van der Waals surface area contributed by atoms with Gasteiger partial charge in [0, 0.05) is 22.1 Å². The maximum Gasteiger partial charge on any atom is 0.236 e. The quantitative estimate of drug-likeness (QED) is 0.469. The number of nitrogens with zero attached hydrogens (tertiary/aromatic N) is 3. The zero-order chi connectivity index (χ0) is 19.6. The van der Waals surface area contributed by atoms with Gasteiger partial charge in [-0.05, 0) is 6.07 Å². The predicted octanol–water partition coefficient (Wildman–Crippen LogP) is 5.24. The lowest BCUT2D eigenvalue weighted by atomic mass is 9.93. The van der Waals surface area contributed by atoms with Crippen molar-refractivity contribution >= 4 is 45.0 Å². The summed E-state index contributed by atoms with van der Waals surface area (Å²) in [4.78, 5) is 26.2. The first-order valence-corrected chi connectivity index (χ1v) is 10.8. The highest BCUT2D eigenvalue weighted by molar-refractivity contribution is 8.00. The molecule has 1 aromatic carbocycles. The Balaban J connectivity index is 1.72. The van der Waals surface area contributed by atoms with E-state index < -0.39 is 0 Å². The molecule has 0 aliphatic carbocycles. The average Bonchev–Trinajstić information content (AvgIpc) is 3.08. The lowest BCUT2D eigenvalue weighted by Gasteiger charge is -2.14. The summed E-state index contributed by atoms with van der Waals surface area (Å²) in [5, 5.41) is 7.35. The zero-order valence-corrected chi connectivity index (χ0v) is 17.9. The molecule has 0 unspecified atom stereocenters. The number of carbonyl (C=O) groups excluding carboxylic acids is 1. The number of benzene rings is 1. The summed E-state index contributed by atoms with van der Waals surface area (Å²) >= 11 is 2.89. The Bertz CT molecular complexity index is 960. The van der Waals surface area contributed by atoms with Crippen LogP contribution in [0.5, 0.6) is 0 Å². The number of para-hydroxylation sites is 1. The number of nitrogens with one attached hydrogen (secondary N) is 1. The van der Waals surface area contributed by atoms with Gasteiger partial charge in [0.2, 0.25) is 5.91 Å². The molecule has 5 nitrogen and oxygen atoms in total. The van der Waals surface area contributed by atoms with Crippen molar-refractivity contribution < 1.29 is 4.79 Å². The van der Waals surface area contributed by atoms with Crippen LogP contribution in [0.25, 0.3) is 10.9 Å². The number of carbonyl (C=O) groups is 1. The van der Waals surface area contributed by atoms with E-state index in [4.69, 9.17) is 0 Å². The van der Waals surface area contributed by atoms with E-state index in [9.17, 15) is 4.79 Å². The standard InChI is InChI=1S/C20H24N4OS2/c1-12(2)17-21-14-9-7-6-8-13(14)18(24-17)26-11-16(25)23-19-22-15(10-27-19)20(3,4)5/h6-10,12H,11H2,1-5H3,(H,22,23,25). The molecule has 3 aromatic rings. The molecule has 0 radical (unpaired) electrons. The monoisotopic (exact) mass is 400 g/mol. The fraction of sp³-hybridized carbons (Fsp3) is 0.400. The molecule has 0 fully saturated rings. The summed E-state index contributed by atoms with van der Waals surface area (Å²) < 4.78 is 0. The van der Waals surface area contributed by atoms with Crippen LogP contribution in [0.4, 0.5) is 5.13 Å². The maximum atomic E-state index is 12.4. The van der Waals surface area contributed by atoms with Crippen molar-refractivity contribution in [3.8, 4) is 0 Å². The van der Waals surface area contributed by atoms with Gasteiger partial charge in [0.05, 0.1) is 17.0 Å². The third-order valence-corrected chi connectivity index (χ3v) is 5.71. The molecule has 3 rings (SSSR count). The second-order valence-corrected chi connectivity index (χ2v) is 9.51. The van der Waals surface area contributed by atoms with Crippen molar-refractivity contribution in [1.82, 2.24) is 15.0 Å². The van der Waals surface area contributed by atoms with Crippen molar-refractivity contribution in [3.05, 3.63) is 41.2 Å². The summed E-state index contributed by atoms with van der Waals surface area (Å²) in [6.07, 6.45) is 0. The van der Waals surface area contributed by atoms with Crippen LogP contribution in [0, 0.1) is 0 Å². The van der Waals surface area contributed by atoms with Gasteiger partial charge in [-0.25, -0.2) is 15.0 Å². The Hall–Kier alpha value is -1.99. The minimum absolute atomic E-state index is 0.0264. The molecular formula is C20H24N4OS2. The van der Waals surface area contributed by atoms with E-state index in [-0.39, 0.29) is 23.0 Å². The number of hydrogen-bond donors (Lipinski definition) is 1. The summed E-state index contributed by atoms with van der Waals surface area (Å²) in [7, 11) is 0. The molecule has 0 saturated carbocycles. The van der Waals surface area contributed by atoms with E-state index in [1.54, 1.807) is 0 Å². The van der Waals surface area contributed by atoms with Crippen molar-refractivity contribution in [2.24, 2.45) is 0 Å². The highest BCUT2D eigenvalue weighted by atomic mass is 32.2. The third kappa shape index (κ3) is 4.84. The van der Waals surface area contributed by atoms with E-state index in [1.807, 2.05) is 29.6 Å². The number of thiazole rings is 1. The van der Waals surface area contributed by atoms with Crippen LogP contribution in [-0.4, -0.2) is 26.6 Å². The molecular weight excluding hydrogens is 376 g/mol. The second kappa shape index (κ2) is 7.94. The summed E-state index contributed by atoms with van der Waals surface area (Å²) in [5.74, 6) is 1.23. The molecule has 27 heavy (non-hydrogen) atoms. The van der Waals surface area contributed by atoms with E-state index in [0.29, 0.717) is 5.13 Å². The number of hydrogen-bond acceptors (Lipinski definition) is 6. The van der Waals surface area contributed by atoms with E-state index in [1.165, 1.54) is 23.1 Å². The number of anilines is 1. The predicted molar refractivity (Wildman–Crippen MR) is 114 cm³/mol. The average molecular weight is 401 g/mol. The maximum absolute atomic E-state index is 12.4. The van der Waals surface area contributed by atoms with Crippen LogP contribution in [0.2, 0.25) is 0 Å². The number of rotatable bonds is 5. The van der Waals surface area contributed by atoms with Gasteiger partial charge in [-0.2, -0.15) is 0 Å². The van der Waals surface area contributed by atoms with Crippen LogP contribution in [0.1, 0.15) is 52.1 Å². The highest BCUT2D eigenvalue weighted by Crippen LogP contribution is 2.28. The van der Waals surface area contributed by atoms with Crippen molar-refractivity contribution in [2.45, 2.75) is 51.0 Å². The molecule has 0 atom stereocenters. The van der Waals surface area contributed by atoms with Gasteiger partial charge in [0.1, 0.15) is 10.9 Å². The lowest BCUT2D eigenvalue weighted by Crippen LogP contribution is -2.15. The Morgan fingerprint density at radius 2 is 1.93 bits per heavy atom. The van der Waals surface area contributed by atoms with Crippen LogP contribution < -0.4 is 5.32 Å². The first kappa shape index (κ1) is 19.8. The first-order valence-electron chi connectivity index (χ1n) is 8.89. The summed E-state index contributed by atoms with van der Waals surface area (Å²) in [6, 6.07) is 7.91. The van der Waals surface area contributed by atoms with Crippen molar-refractivity contribution in [3.63, 3.8) is 0 Å². The van der Waals surface area contributed by atoms with Crippen molar-refractivity contribution in [2.75, 3.05) is 11.1 Å². The number of amides is 1. The lowest BCUT2D eigenvalue weighted by molar-refractivity contribution is -0.113. The number of fused-ring (bicyclic) bond motifs is 1. The SMILES string of the molecule is CC(C)c1nc(SCC(=O)Nc2nc(C(C)(C)C)cs2)c2ccccc2n1. The van der Waals surface area contributed by atoms with Crippen LogP contribution in [0.15, 0.2) is 34.7 Å². The van der Waals surface area contributed by atoms with Gasteiger partial charge in [-0.1, -0.05) is 64.6 Å². The smallest absolute Gasteiger partial charge is 0.236 e. The minimum atomic E-state index is -0.0800. The zero-order valence-electron chi connectivity index (χ0n) is 16.2. The fourth-order valence-electron chi connectivity index (χ4n) is 2.40. The minimum Gasteiger partial charge on any atom is -0.301 e. The van der Waals surface area contributed by atoms with E-state index >= 15 is 0 Å². The molecule has 1 N–H and O–H groups in total. The van der Waals surface area contributed by atoms with Crippen LogP contribution in [-0.2, 0) is 10.2 Å². The number of aromatic nitrogens is 3. The van der Waals surface area contributed by atoms with E-state index in [2.05, 4.69) is 54.9 Å². The van der Waals surface area contributed by atoms with E-state index in [0.717, 1.165) is 27.4 Å². The van der Waals surface area contributed by atoms with Crippen LogP contribution >= 0.6 is 23.1 Å². The first-order chi connectivity index (χ1) is 12.7. The van der Waals surface area contributed by atoms with Crippen molar-refractivity contribution in [1.29, 1.82) is 0 Å². The fourth-order valence-corrected chi connectivity index (χ4v) is 4.18. The van der Waals surface area contributed by atoms with Gasteiger partial charge >= 0.3 is 0 Å². The molecule has 0 saturated heterocycles. The van der Waals surface area contributed by atoms with Gasteiger partial charge in [0.15, 0.2) is 5.13 Å². The Labute approximate surface area is 168 Å². The molecule has 2 heterocycles. The normalized spacial score (nSPS) is 11.9. The van der Waals surface area contributed by atoms with Crippen LogP contribution in [0.3, 0.4) is 0 Å². The molecule has 142 valence electrons. The Morgan fingerprint density at radius 1 is 1.19 bits per heavy atom. The van der Waals surface area contributed by atoms with Gasteiger partial charge in [-0.15, -0.1) is 11.3 Å². The highest BCUT2D eigenvalue weighted by Gasteiger charge is 2.18. The third-order valence-electron chi connectivity index (χ3n) is 3.96. The molecule has 1 amide bonds. The summed E-state index contributed by atoms with van der Waals surface area (Å²) in [6.45, 7) is 10.5. The number of thioether (sulfide) groups is 1. The molecule has 0 spiro atoms. The molecule has 2 aromatic heterocycles. The molecule has 0 aliphatic rings. The Kier molecular flexibility index (Phi) is 5.81.